The highest BCUT2D eigenvalue weighted by molar-refractivity contribution is 8.14. The lowest BCUT2D eigenvalue weighted by Gasteiger charge is -2.08. The number of hydrogen-bond acceptors (Lipinski definition) is 3. The zero-order chi connectivity index (χ0) is 13.5. The van der Waals surface area contributed by atoms with Crippen molar-refractivity contribution in [2.75, 3.05) is 6.54 Å². The Bertz CT molecular complexity index is 391. The number of nitrogens with zero attached hydrogens (tertiary/aromatic N) is 1. The number of pyridine rings is 1. The van der Waals surface area contributed by atoms with Gasteiger partial charge in [0, 0.05) is 29.6 Å². The molecule has 0 aliphatic rings. The molecular weight excluding hydrogens is 244 g/mol. The summed E-state index contributed by atoms with van der Waals surface area (Å²) in [5.41, 5.74) is 2.14. The van der Waals surface area contributed by atoms with E-state index < -0.39 is 0 Å². The second kappa shape index (κ2) is 7.41. The van der Waals surface area contributed by atoms with Gasteiger partial charge in [-0.05, 0) is 18.1 Å². The van der Waals surface area contributed by atoms with Crippen LogP contribution < -0.4 is 5.32 Å². The van der Waals surface area contributed by atoms with Crippen LogP contribution in [0.5, 0.6) is 0 Å². The topological polar surface area (TPSA) is 42.0 Å². The van der Waals surface area contributed by atoms with Crippen molar-refractivity contribution >= 4 is 17.0 Å². The number of nitrogens with one attached hydrogen (secondary N) is 1. The smallest absolute Gasteiger partial charge is 0.279 e. The van der Waals surface area contributed by atoms with E-state index in [1.165, 1.54) is 11.8 Å². The Morgan fingerprint density at radius 2 is 2.06 bits per heavy atom. The molecule has 0 aromatic carbocycles. The van der Waals surface area contributed by atoms with E-state index in [1.54, 1.807) is 0 Å². The lowest BCUT2D eigenvalue weighted by Crippen LogP contribution is -2.23. The first-order valence-corrected chi connectivity index (χ1v) is 7.27. The maximum absolute atomic E-state index is 11.5. The van der Waals surface area contributed by atoms with Gasteiger partial charge in [0.2, 0.25) is 0 Å². The Kier molecular flexibility index (Phi) is 6.19. The molecule has 0 atom stereocenters. The van der Waals surface area contributed by atoms with Gasteiger partial charge in [-0.25, -0.2) is 0 Å². The Balaban J connectivity index is 2.39. The van der Waals surface area contributed by atoms with Crippen molar-refractivity contribution in [3.05, 3.63) is 29.6 Å². The standard InChI is InChI=1S/C14H22N2OS/c1-10(2)13-7-5-6-12(16-13)8-9-15-14(17)18-11(3)4/h5-7,10-11H,8-9H2,1-4H3,(H,15,17). The molecule has 0 unspecified atom stereocenters. The molecule has 0 fully saturated rings. The van der Waals surface area contributed by atoms with Crippen molar-refractivity contribution in [1.82, 2.24) is 10.3 Å². The zero-order valence-corrected chi connectivity index (χ0v) is 12.4. The second-order valence-electron chi connectivity index (χ2n) is 4.84. The molecule has 0 bridgehead atoms. The molecule has 1 aromatic rings. The third-order valence-corrected chi connectivity index (χ3v) is 3.24. The Morgan fingerprint density at radius 3 is 2.67 bits per heavy atom. The maximum Gasteiger partial charge on any atom is 0.279 e. The van der Waals surface area contributed by atoms with Gasteiger partial charge >= 0.3 is 0 Å². The molecule has 18 heavy (non-hydrogen) atoms. The molecule has 1 N–H and O–H groups in total. The number of carbonyl (C=O) groups excluding carboxylic acids is 1. The van der Waals surface area contributed by atoms with Crippen LogP contribution in [-0.2, 0) is 6.42 Å². The van der Waals surface area contributed by atoms with Crippen LogP contribution >= 0.6 is 11.8 Å². The minimum Gasteiger partial charge on any atom is -0.347 e. The number of hydrogen-bond donors (Lipinski definition) is 1. The average Bonchev–Trinajstić information content (AvgIpc) is 2.28. The molecule has 1 heterocycles. The highest BCUT2D eigenvalue weighted by atomic mass is 32.2. The number of amides is 1. The minimum atomic E-state index is 0.0463. The lowest BCUT2D eigenvalue weighted by molar-refractivity contribution is 0.260. The molecule has 1 rings (SSSR count). The monoisotopic (exact) mass is 266 g/mol. The van der Waals surface area contributed by atoms with Crippen molar-refractivity contribution in [3.8, 4) is 0 Å². The largest absolute Gasteiger partial charge is 0.347 e. The van der Waals surface area contributed by atoms with Crippen LogP contribution in [0.15, 0.2) is 18.2 Å². The highest BCUT2D eigenvalue weighted by Gasteiger charge is 2.05. The fourth-order valence-corrected chi connectivity index (χ4v) is 2.12. The van der Waals surface area contributed by atoms with Gasteiger partial charge in [-0.15, -0.1) is 0 Å². The first-order valence-electron chi connectivity index (χ1n) is 6.39. The van der Waals surface area contributed by atoms with Gasteiger partial charge in [-0.2, -0.15) is 0 Å². The van der Waals surface area contributed by atoms with Crippen LogP contribution in [0.1, 0.15) is 45.0 Å². The SMILES string of the molecule is CC(C)SC(=O)NCCc1cccc(C(C)C)n1. The number of rotatable bonds is 5. The molecule has 4 heteroatoms. The quantitative estimate of drug-likeness (QED) is 0.885. The Hall–Kier alpha value is -1.03. The van der Waals surface area contributed by atoms with E-state index in [4.69, 9.17) is 0 Å². The lowest BCUT2D eigenvalue weighted by atomic mass is 10.1. The number of carbonyl (C=O) groups is 1. The predicted octanol–water partition coefficient (Wildman–Crippen LogP) is 3.60. The summed E-state index contributed by atoms with van der Waals surface area (Å²) in [5, 5.41) is 3.27. The molecule has 1 aromatic heterocycles. The van der Waals surface area contributed by atoms with Crippen LogP contribution in [0, 0.1) is 0 Å². The number of thioether (sulfide) groups is 1. The summed E-state index contributed by atoms with van der Waals surface area (Å²) in [6.07, 6.45) is 0.783. The van der Waals surface area contributed by atoms with Crippen LogP contribution in [0.25, 0.3) is 0 Å². The van der Waals surface area contributed by atoms with Gasteiger partial charge in [0.05, 0.1) is 0 Å². The summed E-state index contributed by atoms with van der Waals surface area (Å²) in [7, 11) is 0. The molecule has 100 valence electrons. The summed E-state index contributed by atoms with van der Waals surface area (Å²) in [5.74, 6) is 0.441. The van der Waals surface area contributed by atoms with E-state index in [2.05, 4.69) is 24.1 Å². The molecule has 0 aliphatic carbocycles. The highest BCUT2D eigenvalue weighted by Crippen LogP contribution is 2.12. The van der Waals surface area contributed by atoms with Crippen molar-refractivity contribution in [2.45, 2.75) is 45.3 Å². The molecule has 0 radical (unpaired) electrons. The van der Waals surface area contributed by atoms with E-state index in [0.717, 1.165) is 17.8 Å². The second-order valence-corrected chi connectivity index (χ2v) is 6.39. The van der Waals surface area contributed by atoms with Crippen molar-refractivity contribution in [2.24, 2.45) is 0 Å². The molecule has 0 saturated heterocycles. The van der Waals surface area contributed by atoms with Gasteiger partial charge in [0.15, 0.2) is 0 Å². The van der Waals surface area contributed by atoms with Crippen molar-refractivity contribution in [1.29, 1.82) is 0 Å². The number of aromatic nitrogens is 1. The van der Waals surface area contributed by atoms with Gasteiger partial charge in [-0.3, -0.25) is 9.78 Å². The fraction of sp³-hybridized carbons (Fsp3) is 0.571. The Labute approximate surface area is 114 Å². The van der Waals surface area contributed by atoms with Gasteiger partial charge in [0.1, 0.15) is 0 Å². The zero-order valence-electron chi connectivity index (χ0n) is 11.6. The van der Waals surface area contributed by atoms with Gasteiger partial charge < -0.3 is 5.32 Å². The van der Waals surface area contributed by atoms with E-state index in [9.17, 15) is 4.79 Å². The first-order chi connectivity index (χ1) is 8.49. The van der Waals surface area contributed by atoms with Gasteiger partial charge in [-0.1, -0.05) is 45.5 Å². The summed E-state index contributed by atoms with van der Waals surface area (Å²) >= 11 is 1.33. The summed E-state index contributed by atoms with van der Waals surface area (Å²) in [4.78, 5) is 16.0. The summed E-state index contributed by atoms with van der Waals surface area (Å²) in [6.45, 7) is 8.93. The first kappa shape index (κ1) is 15.0. The van der Waals surface area contributed by atoms with Crippen LogP contribution in [0.2, 0.25) is 0 Å². The van der Waals surface area contributed by atoms with Crippen LogP contribution in [0.3, 0.4) is 0 Å². The molecule has 1 amide bonds. The Morgan fingerprint density at radius 1 is 1.33 bits per heavy atom. The molecular formula is C14H22N2OS. The molecule has 0 aliphatic heterocycles. The summed E-state index contributed by atoms with van der Waals surface area (Å²) in [6, 6.07) is 6.08. The third-order valence-electron chi connectivity index (χ3n) is 2.41. The molecule has 0 saturated carbocycles. The predicted molar refractivity (Wildman–Crippen MR) is 78.2 cm³/mol. The third kappa shape index (κ3) is 5.54. The maximum atomic E-state index is 11.5. The van der Waals surface area contributed by atoms with Crippen LogP contribution in [0.4, 0.5) is 4.79 Å². The minimum absolute atomic E-state index is 0.0463. The van der Waals surface area contributed by atoms with E-state index in [-0.39, 0.29) is 5.24 Å². The fourth-order valence-electron chi connectivity index (χ4n) is 1.51. The van der Waals surface area contributed by atoms with E-state index >= 15 is 0 Å². The average molecular weight is 266 g/mol. The molecule has 0 spiro atoms. The van der Waals surface area contributed by atoms with Crippen LogP contribution in [-0.4, -0.2) is 22.0 Å². The molecule has 3 nitrogen and oxygen atoms in total. The van der Waals surface area contributed by atoms with Gasteiger partial charge in [0.25, 0.3) is 5.24 Å². The van der Waals surface area contributed by atoms with E-state index in [1.807, 2.05) is 32.0 Å². The van der Waals surface area contributed by atoms with E-state index in [0.29, 0.717) is 17.7 Å². The normalized spacial score (nSPS) is 11.0. The van der Waals surface area contributed by atoms with Crippen molar-refractivity contribution in [3.63, 3.8) is 0 Å². The van der Waals surface area contributed by atoms with Crippen molar-refractivity contribution < 1.29 is 4.79 Å². The summed E-state index contributed by atoms with van der Waals surface area (Å²) < 4.78 is 0.